The number of aromatic nitrogens is 2. The van der Waals surface area contributed by atoms with Crippen molar-refractivity contribution >= 4 is 5.91 Å². The summed E-state index contributed by atoms with van der Waals surface area (Å²) >= 11 is 0. The summed E-state index contributed by atoms with van der Waals surface area (Å²) in [5.41, 5.74) is 1.86. The second kappa shape index (κ2) is 8.71. The van der Waals surface area contributed by atoms with Crippen LogP contribution in [0.25, 0.3) is 5.69 Å². The summed E-state index contributed by atoms with van der Waals surface area (Å²) < 4.78 is 14.6. The lowest BCUT2D eigenvalue weighted by molar-refractivity contribution is 0.0687. The number of likely N-dealkylation sites (tertiary alicyclic amines) is 1. The number of aryl methyl sites for hydroxylation is 1. The lowest BCUT2D eigenvalue weighted by atomic mass is 9.90. The number of H-pyrrole nitrogens is 1. The third-order valence-electron chi connectivity index (χ3n) is 5.89. The Hall–Kier alpha value is -3.48. The number of amides is 1. The fraction of sp³-hybridized carbons (Fsp3) is 0.292. The van der Waals surface area contributed by atoms with Crippen LogP contribution in [0.4, 0.5) is 4.39 Å². The summed E-state index contributed by atoms with van der Waals surface area (Å²) in [6.45, 7) is 2.92. The Morgan fingerprint density at radius 3 is 2.42 bits per heavy atom. The van der Waals surface area contributed by atoms with Crippen molar-refractivity contribution in [3.8, 4) is 5.69 Å². The van der Waals surface area contributed by atoms with Gasteiger partial charge >= 0.3 is 0 Å². The first kappa shape index (κ1) is 20.8. The molecule has 0 bridgehead atoms. The number of carbonyl (C=O) groups is 1. The van der Waals surface area contributed by atoms with Crippen molar-refractivity contribution in [1.82, 2.24) is 14.5 Å². The Morgan fingerprint density at radius 1 is 1.06 bits per heavy atom. The molecule has 1 amide bonds. The van der Waals surface area contributed by atoms with Gasteiger partial charge in [-0.3, -0.25) is 19.0 Å². The molecule has 0 spiro atoms. The second-order valence-electron chi connectivity index (χ2n) is 8.03. The Kier molecular flexibility index (Phi) is 5.84. The molecule has 7 heteroatoms. The fourth-order valence-electron chi connectivity index (χ4n) is 4.09. The molecule has 31 heavy (non-hydrogen) atoms. The number of nitrogens with one attached hydrogen (secondary N) is 1. The third kappa shape index (κ3) is 4.50. The maximum absolute atomic E-state index is 13.2. The summed E-state index contributed by atoms with van der Waals surface area (Å²) in [5.74, 6) is -0.228. The molecule has 160 valence electrons. The molecule has 1 saturated heterocycles. The molecule has 2 aromatic heterocycles. The highest BCUT2D eigenvalue weighted by Gasteiger charge is 2.27. The van der Waals surface area contributed by atoms with E-state index in [9.17, 15) is 18.8 Å². The van der Waals surface area contributed by atoms with E-state index in [0.717, 1.165) is 24.8 Å². The number of nitrogens with zero attached hydrogens (tertiary/aromatic N) is 2. The topological polar surface area (TPSA) is 75.2 Å². The van der Waals surface area contributed by atoms with E-state index in [1.54, 1.807) is 30.3 Å². The van der Waals surface area contributed by atoms with Gasteiger partial charge in [-0.2, -0.15) is 0 Å². The molecular formula is C24H24FN3O3. The van der Waals surface area contributed by atoms with Crippen LogP contribution in [-0.4, -0.2) is 33.4 Å². The van der Waals surface area contributed by atoms with E-state index in [1.807, 2.05) is 6.07 Å². The zero-order chi connectivity index (χ0) is 22.0. The number of halogens is 1. The largest absolute Gasteiger partial charge is 0.338 e. The second-order valence-corrected chi connectivity index (χ2v) is 8.03. The fourth-order valence-corrected chi connectivity index (χ4v) is 4.09. The summed E-state index contributed by atoms with van der Waals surface area (Å²) in [7, 11) is 0. The van der Waals surface area contributed by atoms with Gasteiger partial charge in [-0.05, 0) is 73.6 Å². The maximum atomic E-state index is 13.2. The van der Waals surface area contributed by atoms with Crippen LogP contribution in [0, 0.1) is 18.7 Å². The average Bonchev–Trinajstić information content (AvgIpc) is 2.77. The number of hydrogen-bond acceptors (Lipinski definition) is 3. The minimum absolute atomic E-state index is 0.117. The predicted octanol–water partition coefficient (Wildman–Crippen LogP) is 3.07. The summed E-state index contributed by atoms with van der Waals surface area (Å²) in [5, 5.41) is 0. The highest BCUT2D eigenvalue weighted by Crippen LogP contribution is 2.22. The van der Waals surface area contributed by atoms with Crippen LogP contribution < -0.4 is 11.1 Å². The summed E-state index contributed by atoms with van der Waals surface area (Å²) in [6, 6.07) is 10.7. The van der Waals surface area contributed by atoms with Crippen LogP contribution in [0.2, 0.25) is 0 Å². The molecule has 1 fully saturated rings. The molecule has 3 aromatic rings. The van der Waals surface area contributed by atoms with Gasteiger partial charge in [-0.25, -0.2) is 4.39 Å². The van der Waals surface area contributed by atoms with Crippen LogP contribution >= 0.6 is 0 Å². The number of hydrogen-bond donors (Lipinski definition) is 1. The van der Waals surface area contributed by atoms with E-state index in [2.05, 4.69) is 4.98 Å². The molecule has 3 heterocycles. The van der Waals surface area contributed by atoms with Gasteiger partial charge in [0, 0.05) is 37.2 Å². The van der Waals surface area contributed by atoms with Crippen LogP contribution in [0.15, 0.2) is 64.4 Å². The molecule has 1 aliphatic rings. The van der Waals surface area contributed by atoms with Gasteiger partial charge in [0.1, 0.15) is 11.4 Å². The molecule has 0 unspecified atom stereocenters. The lowest BCUT2D eigenvalue weighted by Crippen LogP contribution is -2.42. The van der Waals surface area contributed by atoms with Crippen molar-refractivity contribution in [2.75, 3.05) is 13.1 Å². The van der Waals surface area contributed by atoms with Crippen molar-refractivity contribution in [3.05, 3.63) is 98.1 Å². The van der Waals surface area contributed by atoms with E-state index in [1.165, 1.54) is 34.9 Å². The molecule has 4 rings (SSSR count). The molecule has 6 nitrogen and oxygen atoms in total. The van der Waals surface area contributed by atoms with E-state index < -0.39 is 5.56 Å². The summed E-state index contributed by atoms with van der Waals surface area (Å²) in [4.78, 5) is 41.9. The first-order valence-electron chi connectivity index (χ1n) is 10.4. The monoisotopic (exact) mass is 421 g/mol. The number of carbonyl (C=O) groups excluding carboxylic acids is 1. The zero-order valence-corrected chi connectivity index (χ0v) is 17.3. The Morgan fingerprint density at radius 2 is 1.77 bits per heavy atom. The molecule has 0 saturated carbocycles. The van der Waals surface area contributed by atoms with E-state index in [0.29, 0.717) is 30.3 Å². The minimum Gasteiger partial charge on any atom is -0.338 e. The molecule has 1 aliphatic heterocycles. The van der Waals surface area contributed by atoms with Crippen LogP contribution in [0.1, 0.15) is 34.3 Å². The van der Waals surface area contributed by atoms with Crippen molar-refractivity contribution < 1.29 is 9.18 Å². The van der Waals surface area contributed by atoms with Gasteiger partial charge in [0.05, 0.1) is 0 Å². The summed E-state index contributed by atoms with van der Waals surface area (Å²) in [6.07, 6.45) is 5.87. The van der Waals surface area contributed by atoms with Gasteiger partial charge < -0.3 is 9.88 Å². The van der Waals surface area contributed by atoms with Gasteiger partial charge in [-0.15, -0.1) is 0 Å². The first-order valence-corrected chi connectivity index (χ1v) is 10.4. The Labute approximate surface area is 179 Å². The first-order chi connectivity index (χ1) is 14.9. The molecule has 1 aromatic carbocycles. The number of piperidine rings is 1. The van der Waals surface area contributed by atoms with Crippen LogP contribution in [0.3, 0.4) is 0 Å². The third-order valence-corrected chi connectivity index (χ3v) is 5.89. The molecule has 0 atom stereocenters. The highest BCUT2D eigenvalue weighted by molar-refractivity contribution is 5.95. The minimum atomic E-state index is -0.396. The van der Waals surface area contributed by atoms with Crippen LogP contribution in [0.5, 0.6) is 0 Å². The van der Waals surface area contributed by atoms with Crippen molar-refractivity contribution in [3.63, 3.8) is 0 Å². The predicted molar refractivity (Wildman–Crippen MR) is 116 cm³/mol. The van der Waals surface area contributed by atoms with Crippen molar-refractivity contribution in [2.24, 2.45) is 5.92 Å². The standard InChI is InChI=1S/C24H24FN3O3/c1-16-8-13-28(20-5-3-19(25)4-6-20)24(31)22(16)23(30)27-11-9-17(10-12-27)14-18-2-7-21(29)26-15-18/h2-8,13,15,17H,9-12,14H2,1H3,(H,26,29). The Bertz CT molecular complexity index is 1190. The number of aromatic amines is 1. The van der Waals surface area contributed by atoms with Gasteiger partial charge in [0.2, 0.25) is 5.56 Å². The lowest BCUT2D eigenvalue weighted by Gasteiger charge is -2.32. The number of pyridine rings is 2. The van der Waals surface area contributed by atoms with Gasteiger partial charge in [0.25, 0.3) is 11.5 Å². The van der Waals surface area contributed by atoms with Crippen molar-refractivity contribution in [1.29, 1.82) is 0 Å². The number of rotatable bonds is 4. The van der Waals surface area contributed by atoms with Gasteiger partial charge in [-0.1, -0.05) is 6.07 Å². The molecule has 1 N–H and O–H groups in total. The van der Waals surface area contributed by atoms with E-state index in [4.69, 9.17) is 0 Å². The van der Waals surface area contributed by atoms with Crippen LogP contribution in [-0.2, 0) is 6.42 Å². The SMILES string of the molecule is Cc1ccn(-c2ccc(F)cc2)c(=O)c1C(=O)N1CCC(Cc2ccc(=O)[nH]c2)CC1. The average molecular weight is 421 g/mol. The van der Waals surface area contributed by atoms with Crippen molar-refractivity contribution in [2.45, 2.75) is 26.2 Å². The molecule has 0 aliphatic carbocycles. The highest BCUT2D eigenvalue weighted by atomic mass is 19.1. The van der Waals surface area contributed by atoms with Gasteiger partial charge in [0.15, 0.2) is 0 Å². The van der Waals surface area contributed by atoms with E-state index in [-0.39, 0.29) is 22.8 Å². The Balaban J connectivity index is 1.49. The molecular weight excluding hydrogens is 397 g/mol. The zero-order valence-electron chi connectivity index (χ0n) is 17.3. The number of benzene rings is 1. The maximum Gasteiger partial charge on any atom is 0.268 e. The quantitative estimate of drug-likeness (QED) is 0.704. The normalized spacial score (nSPS) is 14.6. The van der Waals surface area contributed by atoms with E-state index >= 15 is 0 Å². The molecule has 0 radical (unpaired) electrons. The smallest absolute Gasteiger partial charge is 0.268 e.